The van der Waals surface area contributed by atoms with Gasteiger partial charge in [0.25, 0.3) is 8.32 Å². The van der Waals surface area contributed by atoms with E-state index in [4.69, 9.17) is 4.43 Å². The molecule has 0 heterocycles. The summed E-state index contributed by atoms with van der Waals surface area (Å²) in [6.07, 6.45) is 0.884. The van der Waals surface area contributed by atoms with Gasteiger partial charge in [0.15, 0.2) is 0 Å². The van der Waals surface area contributed by atoms with Gasteiger partial charge >= 0.3 is 0 Å². The molecule has 1 atom stereocenters. The van der Waals surface area contributed by atoms with Crippen molar-refractivity contribution in [3.05, 3.63) is 60.7 Å². The molecular weight excluding hydrogens is 320 g/mol. The van der Waals surface area contributed by atoms with Crippen LogP contribution in [0.25, 0.3) is 0 Å². The van der Waals surface area contributed by atoms with Crippen molar-refractivity contribution < 1.29 is 4.43 Å². The normalized spacial score (nSPS) is 13.0. The van der Waals surface area contributed by atoms with Gasteiger partial charge in [0.1, 0.15) is 0 Å². The molecule has 0 radical (unpaired) electrons. The summed E-state index contributed by atoms with van der Waals surface area (Å²) < 4.78 is 6.90. The highest BCUT2D eigenvalue weighted by Gasteiger charge is 2.50. The molecule has 1 nitrogen and oxygen atoms in total. The van der Waals surface area contributed by atoms with E-state index in [-0.39, 0.29) is 5.04 Å². The van der Waals surface area contributed by atoms with Gasteiger partial charge < -0.3 is 4.43 Å². The Balaban J connectivity index is 2.50. The number of hydrogen-bond donors (Lipinski definition) is 0. The number of hydrogen-bond acceptors (Lipinski definition) is 1. The second-order valence-corrected chi connectivity index (χ2v) is 12.0. The van der Waals surface area contributed by atoms with Crippen molar-refractivity contribution in [3.63, 3.8) is 0 Å². The van der Waals surface area contributed by atoms with Crippen LogP contribution < -0.4 is 10.4 Å². The van der Waals surface area contributed by atoms with Crippen LogP contribution in [0.2, 0.25) is 5.04 Å². The van der Waals surface area contributed by atoms with Gasteiger partial charge in [-0.2, -0.15) is 0 Å². The monoisotopic (exact) mass is 350 g/mol. The zero-order chi connectivity index (χ0) is 18.3. The molecule has 0 amide bonds. The SMILES string of the molecule is CC#CC[C@H](C)CO[Si](c1ccccc1)(c1ccccc1)C(C)(C)C. The van der Waals surface area contributed by atoms with Crippen LogP contribution in [-0.2, 0) is 4.43 Å². The molecule has 0 aliphatic rings. The third-order valence-electron chi connectivity index (χ3n) is 4.63. The first-order valence-electron chi connectivity index (χ1n) is 9.06. The van der Waals surface area contributed by atoms with Gasteiger partial charge in [0, 0.05) is 13.0 Å². The summed E-state index contributed by atoms with van der Waals surface area (Å²) in [6.45, 7) is 11.8. The second-order valence-electron chi connectivity index (χ2n) is 7.71. The van der Waals surface area contributed by atoms with Crippen molar-refractivity contribution in [2.45, 2.75) is 46.1 Å². The average molecular weight is 351 g/mol. The lowest BCUT2D eigenvalue weighted by Gasteiger charge is -2.43. The van der Waals surface area contributed by atoms with E-state index < -0.39 is 8.32 Å². The molecule has 25 heavy (non-hydrogen) atoms. The van der Waals surface area contributed by atoms with Crippen molar-refractivity contribution in [1.82, 2.24) is 0 Å². The van der Waals surface area contributed by atoms with Crippen LogP contribution in [-0.4, -0.2) is 14.9 Å². The summed E-state index contributed by atoms with van der Waals surface area (Å²) >= 11 is 0. The molecule has 2 aromatic rings. The molecule has 0 aliphatic carbocycles. The molecular formula is C23H30OSi. The van der Waals surface area contributed by atoms with Crippen molar-refractivity contribution >= 4 is 18.7 Å². The van der Waals surface area contributed by atoms with Gasteiger partial charge in [0.2, 0.25) is 0 Å². The summed E-state index contributed by atoms with van der Waals surface area (Å²) in [4.78, 5) is 0. The minimum absolute atomic E-state index is 0.0336. The summed E-state index contributed by atoms with van der Waals surface area (Å²) in [5, 5.41) is 2.70. The minimum atomic E-state index is -2.40. The molecule has 132 valence electrons. The average Bonchev–Trinajstić information content (AvgIpc) is 2.61. The minimum Gasteiger partial charge on any atom is -0.407 e. The highest BCUT2D eigenvalue weighted by molar-refractivity contribution is 6.99. The van der Waals surface area contributed by atoms with Crippen LogP contribution in [0.15, 0.2) is 60.7 Å². The first kappa shape index (κ1) is 19.5. The highest BCUT2D eigenvalue weighted by Crippen LogP contribution is 2.37. The van der Waals surface area contributed by atoms with Crippen LogP contribution in [0.3, 0.4) is 0 Å². The number of benzene rings is 2. The highest BCUT2D eigenvalue weighted by atomic mass is 28.4. The van der Waals surface area contributed by atoms with E-state index in [1.54, 1.807) is 0 Å². The maximum atomic E-state index is 6.90. The van der Waals surface area contributed by atoms with Gasteiger partial charge in [0.05, 0.1) is 0 Å². The summed E-state index contributed by atoms with van der Waals surface area (Å²) in [6, 6.07) is 21.6. The smallest absolute Gasteiger partial charge is 0.261 e. The van der Waals surface area contributed by atoms with E-state index in [0.29, 0.717) is 5.92 Å². The van der Waals surface area contributed by atoms with Gasteiger partial charge in [-0.25, -0.2) is 0 Å². The maximum Gasteiger partial charge on any atom is 0.261 e. The van der Waals surface area contributed by atoms with E-state index in [9.17, 15) is 0 Å². The fourth-order valence-electron chi connectivity index (χ4n) is 3.36. The molecule has 0 saturated carbocycles. The predicted octanol–water partition coefficient (Wildman–Crippen LogP) is 4.61. The molecule has 0 saturated heterocycles. The topological polar surface area (TPSA) is 9.23 Å². The molecule has 0 aromatic heterocycles. The Kier molecular flexibility index (Phi) is 6.64. The van der Waals surface area contributed by atoms with Crippen molar-refractivity contribution in [2.24, 2.45) is 5.92 Å². The predicted molar refractivity (Wildman–Crippen MR) is 111 cm³/mol. The van der Waals surface area contributed by atoms with Crippen molar-refractivity contribution in [3.8, 4) is 11.8 Å². The molecule has 0 fully saturated rings. The molecule has 0 spiro atoms. The molecule has 0 N–H and O–H groups in total. The zero-order valence-electron chi connectivity index (χ0n) is 16.2. The molecule has 0 bridgehead atoms. The fourth-order valence-corrected chi connectivity index (χ4v) is 8.05. The first-order valence-corrected chi connectivity index (χ1v) is 11.0. The lowest BCUT2D eigenvalue weighted by atomic mass is 10.1. The van der Waals surface area contributed by atoms with Gasteiger partial charge in [-0.15, -0.1) is 11.8 Å². The third kappa shape index (κ3) is 4.42. The van der Waals surface area contributed by atoms with Gasteiger partial charge in [-0.1, -0.05) is 88.4 Å². The van der Waals surface area contributed by atoms with E-state index >= 15 is 0 Å². The lowest BCUT2D eigenvalue weighted by Crippen LogP contribution is -2.66. The molecule has 2 aromatic carbocycles. The summed E-state index contributed by atoms with van der Waals surface area (Å²) in [5.74, 6) is 6.61. The quantitative estimate of drug-likeness (QED) is 0.546. The van der Waals surface area contributed by atoms with E-state index in [2.05, 4.69) is 100 Å². The Hall–Kier alpha value is -1.82. The van der Waals surface area contributed by atoms with Crippen molar-refractivity contribution in [1.29, 1.82) is 0 Å². The van der Waals surface area contributed by atoms with Crippen LogP contribution >= 0.6 is 0 Å². The Bertz CT molecular complexity index is 665. The van der Waals surface area contributed by atoms with Crippen LogP contribution in [0, 0.1) is 17.8 Å². The van der Waals surface area contributed by atoms with Crippen LogP contribution in [0.5, 0.6) is 0 Å². The third-order valence-corrected chi connectivity index (χ3v) is 9.63. The Labute approximate surface area is 154 Å². The van der Waals surface area contributed by atoms with Crippen molar-refractivity contribution in [2.75, 3.05) is 6.61 Å². The fraction of sp³-hybridized carbons (Fsp3) is 0.391. The largest absolute Gasteiger partial charge is 0.407 e. The first-order chi connectivity index (χ1) is 11.9. The molecule has 0 aliphatic heterocycles. The number of rotatable bonds is 6. The molecule has 2 heteroatoms. The van der Waals surface area contributed by atoms with E-state index in [0.717, 1.165) is 13.0 Å². The van der Waals surface area contributed by atoms with E-state index in [1.165, 1.54) is 10.4 Å². The van der Waals surface area contributed by atoms with E-state index in [1.807, 2.05) is 6.92 Å². The van der Waals surface area contributed by atoms with Crippen LogP contribution in [0.1, 0.15) is 41.0 Å². The maximum absolute atomic E-state index is 6.90. The van der Waals surface area contributed by atoms with Gasteiger partial charge in [-0.05, 0) is 28.3 Å². The van der Waals surface area contributed by atoms with Crippen LogP contribution in [0.4, 0.5) is 0 Å². The second kappa shape index (κ2) is 8.51. The molecule has 2 rings (SSSR count). The Morgan fingerprint density at radius 2 is 1.40 bits per heavy atom. The Morgan fingerprint density at radius 3 is 1.80 bits per heavy atom. The standard InChI is InChI=1S/C23H30OSi/c1-6-7-14-20(2)19-24-25(23(3,4)5,21-15-10-8-11-16-21)22-17-12-9-13-18-22/h8-13,15-18,20H,14,19H2,1-5H3/t20-/m0/s1. The lowest BCUT2D eigenvalue weighted by molar-refractivity contribution is 0.247. The Morgan fingerprint density at radius 1 is 0.920 bits per heavy atom. The zero-order valence-corrected chi connectivity index (χ0v) is 17.2. The summed E-state index contributed by atoms with van der Waals surface area (Å²) in [7, 11) is -2.40. The molecule has 0 unspecified atom stereocenters. The summed E-state index contributed by atoms with van der Waals surface area (Å²) in [5.41, 5.74) is 0. The van der Waals surface area contributed by atoms with Gasteiger partial charge in [-0.3, -0.25) is 0 Å².